The summed E-state index contributed by atoms with van der Waals surface area (Å²) in [6.45, 7) is 9.27. The van der Waals surface area contributed by atoms with E-state index in [0.717, 1.165) is 12.8 Å². The molecule has 2 aliphatic carbocycles. The summed E-state index contributed by atoms with van der Waals surface area (Å²) in [6.07, 6.45) is 2.28. The van der Waals surface area contributed by atoms with E-state index in [1.165, 1.54) is 66.8 Å². The molecule has 0 aromatic heterocycles. The Morgan fingerprint density at radius 2 is 1.13 bits per heavy atom. The van der Waals surface area contributed by atoms with Crippen LogP contribution in [0.2, 0.25) is 0 Å². The van der Waals surface area contributed by atoms with Gasteiger partial charge in [-0.1, -0.05) is 74.5 Å². The van der Waals surface area contributed by atoms with Gasteiger partial charge in [0.1, 0.15) is 0 Å². The number of aryl methyl sites for hydroxylation is 4. The molecule has 0 radical (unpaired) electrons. The maximum absolute atomic E-state index is 2.52. The van der Waals surface area contributed by atoms with Crippen LogP contribution < -0.4 is 0 Å². The van der Waals surface area contributed by atoms with E-state index in [-0.39, 0.29) is 5.41 Å². The summed E-state index contributed by atoms with van der Waals surface area (Å²) in [5.74, 6) is 0. The zero-order valence-corrected chi connectivity index (χ0v) is 18.8. The number of rotatable bonds is 1. The summed E-state index contributed by atoms with van der Waals surface area (Å²) in [7, 11) is 0. The average molecular weight is 401 g/mol. The molecule has 0 amide bonds. The molecule has 0 fully saturated rings. The smallest absolute Gasteiger partial charge is 0.0159 e. The van der Waals surface area contributed by atoms with Gasteiger partial charge in [0.15, 0.2) is 0 Å². The van der Waals surface area contributed by atoms with Crippen molar-refractivity contribution in [3.63, 3.8) is 0 Å². The van der Waals surface area contributed by atoms with Crippen LogP contribution in [0.15, 0.2) is 72.8 Å². The van der Waals surface area contributed by atoms with Crippen LogP contribution in [0.4, 0.5) is 0 Å². The Morgan fingerprint density at radius 3 is 1.90 bits per heavy atom. The molecule has 2 aliphatic rings. The zero-order valence-electron chi connectivity index (χ0n) is 18.8. The van der Waals surface area contributed by atoms with Crippen molar-refractivity contribution in [1.82, 2.24) is 0 Å². The molecule has 4 aromatic rings. The SMILES string of the molecule is Cc1ccccc1-c1cc2c(cc1C)C(C)(C)c1cc3c(cc1-2)-c1ccccc1CC3. The van der Waals surface area contributed by atoms with Crippen molar-refractivity contribution in [2.24, 2.45) is 0 Å². The molecule has 31 heavy (non-hydrogen) atoms. The minimum absolute atomic E-state index is 0.0334. The van der Waals surface area contributed by atoms with Gasteiger partial charge in [-0.25, -0.2) is 0 Å². The molecule has 0 unspecified atom stereocenters. The molecule has 0 spiro atoms. The molecular formula is C31H28. The summed E-state index contributed by atoms with van der Waals surface area (Å²) >= 11 is 0. The summed E-state index contributed by atoms with van der Waals surface area (Å²) in [4.78, 5) is 0. The first-order chi connectivity index (χ1) is 14.9. The molecular weight excluding hydrogens is 372 g/mol. The highest BCUT2D eigenvalue weighted by Gasteiger charge is 2.37. The van der Waals surface area contributed by atoms with Gasteiger partial charge in [-0.2, -0.15) is 0 Å². The van der Waals surface area contributed by atoms with E-state index in [9.17, 15) is 0 Å². The third-order valence-corrected chi connectivity index (χ3v) is 7.65. The van der Waals surface area contributed by atoms with Crippen LogP contribution in [0.25, 0.3) is 33.4 Å². The van der Waals surface area contributed by atoms with Gasteiger partial charge in [0, 0.05) is 5.41 Å². The van der Waals surface area contributed by atoms with Gasteiger partial charge in [-0.3, -0.25) is 0 Å². The van der Waals surface area contributed by atoms with Crippen LogP contribution in [0.3, 0.4) is 0 Å². The van der Waals surface area contributed by atoms with Gasteiger partial charge in [0.25, 0.3) is 0 Å². The van der Waals surface area contributed by atoms with Gasteiger partial charge < -0.3 is 0 Å². The Labute approximate surface area is 185 Å². The van der Waals surface area contributed by atoms with Crippen molar-refractivity contribution in [3.05, 3.63) is 106 Å². The molecule has 0 heteroatoms. The maximum atomic E-state index is 2.52. The lowest BCUT2D eigenvalue weighted by Crippen LogP contribution is -2.16. The number of fused-ring (bicyclic) bond motifs is 6. The van der Waals surface area contributed by atoms with Gasteiger partial charge in [-0.15, -0.1) is 0 Å². The Balaban J connectivity index is 1.62. The first kappa shape index (κ1) is 18.6. The molecule has 0 saturated carbocycles. The third kappa shape index (κ3) is 2.61. The largest absolute Gasteiger partial charge is 0.0620 e. The maximum Gasteiger partial charge on any atom is 0.0159 e. The average Bonchev–Trinajstić information content (AvgIpc) is 2.98. The summed E-state index contributed by atoms with van der Waals surface area (Å²) in [5, 5.41) is 0. The molecule has 6 rings (SSSR count). The topological polar surface area (TPSA) is 0 Å². The van der Waals surface area contributed by atoms with Gasteiger partial charge in [0.05, 0.1) is 0 Å². The van der Waals surface area contributed by atoms with Crippen LogP contribution in [-0.4, -0.2) is 0 Å². The second kappa shape index (κ2) is 6.44. The number of hydrogen-bond acceptors (Lipinski definition) is 0. The van der Waals surface area contributed by atoms with E-state index in [2.05, 4.69) is 100 Å². The Morgan fingerprint density at radius 1 is 0.516 bits per heavy atom. The van der Waals surface area contributed by atoms with Crippen molar-refractivity contribution >= 4 is 0 Å². The van der Waals surface area contributed by atoms with Crippen LogP contribution >= 0.6 is 0 Å². The molecule has 0 N–H and O–H groups in total. The minimum atomic E-state index is 0.0334. The van der Waals surface area contributed by atoms with Crippen LogP contribution in [0.5, 0.6) is 0 Å². The van der Waals surface area contributed by atoms with E-state index >= 15 is 0 Å². The summed E-state index contributed by atoms with van der Waals surface area (Å²) in [6, 6.07) is 27.6. The van der Waals surface area contributed by atoms with Crippen LogP contribution in [-0.2, 0) is 18.3 Å². The Kier molecular flexibility index (Phi) is 3.87. The highest BCUT2D eigenvalue weighted by molar-refractivity contribution is 5.90. The van der Waals surface area contributed by atoms with Crippen molar-refractivity contribution in [2.45, 2.75) is 46.0 Å². The van der Waals surface area contributed by atoms with Crippen molar-refractivity contribution in [3.8, 4) is 33.4 Å². The van der Waals surface area contributed by atoms with E-state index < -0.39 is 0 Å². The lowest BCUT2D eigenvalue weighted by Gasteiger charge is -2.25. The fourth-order valence-electron chi connectivity index (χ4n) is 5.87. The molecule has 0 bridgehead atoms. The normalized spacial score (nSPS) is 15.1. The highest BCUT2D eigenvalue weighted by atomic mass is 14.4. The van der Waals surface area contributed by atoms with E-state index in [1.807, 2.05) is 0 Å². The summed E-state index contributed by atoms with van der Waals surface area (Å²) < 4.78 is 0. The van der Waals surface area contributed by atoms with Gasteiger partial charge in [0.2, 0.25) is 0 Å². The van der Waals surface area contributed by atoms with Crippen LogP contribution in [0, 0.1) is 13.8 Å². The monoisotopic (exact) mass is 400 g/mol. The predicted octanol–water partition coefficient (Wildman–Crippen LogP) is 8.04. The Bertz CT molecular complexity index is 1350. The number of hydrogen-bond donors (Lipinski definition) is 0. The first-order valence-corrected chi connectivity index (χ1v) is 11.4. The van der Waals surface area contributed by atoms with Gasteiger partial charge in [-0.05, 0) is 106 Å². The van der Waals surface area contributed by atoms with E-state index in [4.69, 9.17) is 0 Å². The second-order valence-electron chi connectivity index (χ2n) is 9.86. The lowest BCUT2D eigenvalue weighted by atomic mass is 9.78. The third-order valence-electron chi connectivity index (χ3n) is 7.65. The molecule has 0 nitrogen and oxygen atoms in total. The summed E-state index contributed by atoms with van der Waals surface area (Å²) in [5.41, 5.74) is 17.1. The second-order valence-corrected chi connectivity index (χ2v) is 9.86. The lowest BCUT2D eigenvalue weighted by molar-refractivity contribution is 0.658. The fourth-order valence-corrected chi connectivity index (χ4v) is 5.87. The molecule has 0 aliphatic heterocycles. The van der Waals surface area contributed by atoms with Crippen molar-refractivity contribution in [1.29, 1.82) is 0 Å². The quantitative estimate of drug-likeness (QED) is 0.303. The zero-order chi connectivity index (χ0) is 21.3. The van der Waals surface area contributed by atoms with Crippen molar-refractivity contribution in [2.75, 3.05) is 0 Å². The van der Waals surface area contributed by atoms with Gasteiger partial charge >= 0.3 is 0 Å². The van der Waals surface area contributed by atoms with E-state index in [1.54, 1.807) is 0 Å². The first-order valence-electron chi connectivity index (χ1n) is 11.4. The minimum Gasteiger partial charge on any atom is -0.0620 e. The van der Waals surface area contributed by atoms with Crippen molar-refractivity contribution < 1.29 is 0 Å². The molecule has 0 heterocycles. The number of benzene rings is 4. The molecule has 4 aromatic carbocycles. The molecule has 0 saturated heterocycles. The van der Waals surface area contributed by atoms with E-state index in [0.29, 0.717) is 0 Å². The highest BCUT2D eigenvalue weighted by Crippen LogP contribution is 2.52. The standard InChI is InChI=1S/C31H28/c1-19-9-5-7-11-23(19)25-17-27-28-18-26-22(14-13-21-10-6-8-12-24(21)26)16-30(28)31(3,4)29(27)15-20(25)2/h5-12,15-18H,13-14H2,1-4H3. The molecule has 152 valence electrons. The Hall–Kier alpha value is -3.12. The predicted molar refractivity (Wildman–Crippen MR) is 132 cm³/mol. The fraction of sp³-hybridized carbons (Fsp3) is 0.226. The molecule has 0 atom stereocenters. The van der Waals surface area contributed by atoms with Crippen LogP contribution in [0.1, 0.15) is 47.2 Å².